The van der Waals surface area contributed by atoms with Crippen molar-refractivity contribution in [3.63, 3.8) is 0 Å². The van der Waals surface area contributed by atoms with Crippen LogP contribution in [0.1, 0.15) is 22.8 Å². The largest absolute Gasteiger partial charge is 0.355 e. The van der Waals surface area contributed by atoms with E-state index in [0.717, 1.165) is 84.4 Å². The van der Waals surface area contributed by atoms with Crippen LogP contribution in [0.25, 0.3) is 86.0 Å². The molecular weight excluding hydrogens is 656 g/mol. The Kier molecular flexibility index (Phi) is 7.81. The summed E-state index contributed by atoms with van der Waals surface area (Å²) in [5, 5.41) is 0. The number of nitrogens with one attached hydrogen (secondary N) is 1. The first kappa shape index (κ1) is 30.1. The summed E-state index contributed by atoms with van der Waals surface area (Å²) < 4.78 is 2.18. The van der Waals surface area contributed by atoms with Gasteiger partial charge in [-0.05, 0) is 103 Å². The normalized spacial score (nSPS) is 11.8. The SMILES string of the molecule is C1=Cc2cc3c(-c4ccccn4)c(-c4ccccn4)c(c(-c4ccccn4)c4nc(cc5ccc(cc1n2)[nH]5)C=C4)n3-c1ccccn1.[Cu]. The van der Waals surface area contributed by atoms with Crippen LogP contribution in [0.4, 0.5) is 0 Å². The van der Waals surface area contributed by atoms with Gasteiger partial charge in [0.05, 0.1) is 56.5 Å². The predicted molar refractivity (Wildman–Crippen MR) is 191 cm³/mol. The Morgan fingerprint density at radius 2 is 1.00 bits per heavy atom. The average Bonchev–Trinajstić information content (AvgIpc) is 3.95. The monoisotopic (exact) mass is 681 g/mol. The van der Waals surface area contributed by atoms with Gasteiger partial charge in [0.25, 0.3) is 0 Å². The first-order valence-electron chi connectivity index (χ1n) is 15.6. The van der Waals surface area contributed by atoms with Gasteiger partial charge in [-0.3, -0.25) is 19.5 Å². The molecule has 0 atom stereocenters. The summed E-state index contributed by atoms with van der Waals surface area (Å²) in [6.07, 6.45) is 15.4. The van der Waals surface area contributed by atoms with E-state index in [1.54, 1.807) is 0 Å². The van der Waals surface area contributed by atoms with E-state index in [1.165, 1.54) is 0 Å². The third kappa shape index (κ3) is 5.57. The Morgan fingerprint density at radius 1 is 0.469 bits per heavy atom. The summed E-state index contributed by atoms with van der Waals surface area (Å²) in [6, 6.07) is 34.1. The van der Waals surface area contributed by atoms with Gasteiger partial charge in [0, 0.05) is 64.0 Å². The molecule has 237 valence electrons. The van der Waals surface area contributed by atoms with Crippen molar-refractivity contribution >= 4 is 46.4 Å². The molecule has 49 heavy (non-hydrogen) atoms. The molecule has 9 rings (SSSR count). The van der Waals surface area contributed by atoms with Gasteiger partial charge in [-0.2, -0.15) is 0 Å². The van der Waals surface area contributed by atoms with E-state index >= 15 is 0 Å². The van der Waals surface area contributed by atoms with Crippen molar-refractivity contribution in [2.45, 2.75) is 0 Å². The second-order valence-electron chi connectivity index (χ2n) is 11.4. The molecule has 0 amide bonds. The molecule has 0 fully saturated rings. The summed E-state index contributed by atoms with van der Waals surface area (Å²) in [7, 11) is 0. The minimum absolute atomic E-state index is 0. The van der Waals surface area contributed by atoms with Crippen molar-refractivity contribution in [1.29, 1.82) is 0 Å². The Morgan fingerprint density at radius 3 is 1.59 bits per heavy atom. The van der Waals surface area contributed by atoms with E-state index in [-0.39, 0.29) is 17.1 Å². The van der Waals surface area contributed by atoms with Gasteiger partial charge in [0.1, 0.15) is 5.82 Å². The number of aromatic amines is 1. The maximum atomic E-state index is 5.19. The summed E-state index contributed by atoms with van der Waals surface area (Å²) in [4.78, 5) is 33.3. The van der Waals surface area contributed by atoms with Crippen LogP contribution >= 0.6 is 0 Å². The number of nitrogens with zero attached hydrogens (tertiary/aromatic N) is 7. The maximum Gasteiger partial charge on any atom is 0.137 e. The van der Waals surface area contributed by atoms with Crippen molar-refractivity contribution in [2.75, 3.05) is 0 Å². The molecule has 0 unspecified atom stereocenters. The van der Waals surface area contributed by atoms with Gasteiger partial charge in [-0.15, -0.1) is 0 Å². The summed E-state index contributed by atoms with van der Waals surface area (Å²) in [5.74, 6) is 0.724. The third-order valence-corrected chi connectivity index (χ3v) is 8.31. The number of pyridine rings is 4. The van der Waals surface area contributed by atoms with Crippen molar-refractivity contribution in [3.05, 3.63) is 151 Å². The van der Waals surface area contributed by atoms with E-state index < -0.39 is 0 Å². The van der Waals surface area contributed by atoms with Crippen LogP contribution in [0.5, 0.6) is 0 Å². The van der Waals surface area contributed by atoms with E-state index in [2.05, 4.69) is 21.7 Å². The third-order valence-electron chi connectivity index (χ3n) is 8.31. The second-order valence-corrected chi connectivity index (χ2v) is 11.4. The van der Waals surface area contributed by atoms with Crippen LogP contribution in [-0.2, 0) is 17.1 Å². The van der Waals surface area contributed by atoms with Crippen molar-refractivity contribution in [3.8, 4) is 39.6 Å². The first-order valence-corrected chi connectivity index (χ1v) is 15.6. The zero-order valence-electron chi connectivity index (χ0n) is 25.9. The molecule has 0 spiro atoms. The molecule has 9 heteroatoms. The minimum Gasteiger partial charge on any atom is -0.355 e. The van der Waals surface area contributed by atoms with Crippen LogP contribution < -0.4 is 0 Å². The quantitative estimate of drug-likeness (QED) is 0.187. The molecule has 7 aromatic rings. The van der Waals surface area contributed by atoms with E-state index in [1.807, 2.05) is 140 Å². The van der Waals surface area contributed by atoms with Crippen molar-refractivity contribution in [2.24, 2.45) is 0 Å². The van der Waals surface area contributed by atoms with Crippen molar-refractivity contribution < 1.29 is 17.1 Å². The number of fused-ring (bicyclic) bond motifs is 8. The van der Waals surface area contributed by atoms with Crippen LogP contribution in [0.2, 0.25) is 0 Å². The molecule has 2 aliphatic rings. The minimum atomic E-state index is 0. The Hall–Kier alpha value is -6.28. The fourth-order valence-electron chi connectivity index (χ4n) is 6.31. The summed E-state index contributed by atoms with van der Waals surface area (Å²) in [6.45, 7) is 0. The van der Waals surface area contributed by atoms with E-state index in [0.29, 0.717) is 0 Å². The predicted octanol–water partition coefficient (Wildman–Crippen LogP) is 8.70. The van der Waals surface area contributed by atoms with Crippen LogP contribution in [0, 0.1) is 0 Å². The fourth-order valence-corrected chi connectivity index (χ4v) is 6.31. The molecule has 7 aromatic heterocycles. The molecule has 8 nitrogen and oxygen atoms in total. The second kappa shape index (κ2) is 12.7. The summed E-state index contributed by atoms with van der Waals surface area (Å²) in [5.41, 5.74) is 11.8. The number of hydrogen-bond donors (Lipinski definition) is 1. The maximum absolute atomic E-state index is 5.19. The number of hydrogen-bond acceptors (Lipinski definition) is 6. The smallest absolute Gasteiger partial charge is 0.137 e. The molecule has 1 radical (unpaired) electrons. The molecule has 0 aromatic carbocycles. The zero-order valence-corrected chi connectivity index (χ0v) is 26.8. The molecule has 0 saturated carbocycles. The van der Waals surface area contributed by atoms with Gasteiger partial charge in [0.2, 0.25) is 0 Å². The van der Waals surface area contributed by atoms with Crippen LogP contribution in [-0.4, -0.2) is 39.5 Å². The van der Waals surface area contributed by atoms with Gasteiger partial charge in [-0.1, -0.05) is 24.3 Å². The number of H-pyrrole nitrogens is 1. The van der Waals surface area contributed by atoms with Crippen LogP contribution in [0.3, 0.4) is 0 Å². The molecule has 0 aliphatic carbocycles. The number of aromatic nitrogens is 8. The average molecular weight is 682 g/mol. The molecular formula is C40H26CuN8. The Labute approximate surface area is 292 Å². The van der Waals surface area contributed by atoms with E-state index in [4.69, 9.17) is 29.9 Å². The van der Waals surface area contributed by atoms with E-state index in [9.17, 15) is 0 Å². The molecule has 2 aliphatic heterocycles. The van der Waals surface area contributed by atoms with Gasteiger partial charge in [0.15, 0.2) is 0 Å². The summed E-state index contributed by atoms with van der Waals surface area (Å²) >= 11 is 0. The van der Waals surface area contributed by atoms with Gasteiger partial charge >= 0.3 is 0 Å². The first-order chi connectivity index (χ1) is 23.8. The Bertz CT molecular complexity index is 2540. The molecule has 1 N–H and O–H groups in total. The molecule has 8 bridgehead atoms. The van der Waals surface area contributed by atoms with Gasteiger partial charge < -0.3 is 4.98 Å². The molecule has 0 saturated heterocycles. The molecule has 9 heterocycles. The number of rotatable bonds is 4. The standard InChI is InChI=1S/C40H26N8.Cu/c1-5-19-41-31(9-1)37-34-18-17-29(47-34)24-28-14-13-26(45-28)23-27-15-16-30(46-27)25-35-38(32-10-2-6-20-42-32)39(33-11-3-7-21-43-33)40(37)48(35)36-12-4-8-22-44-36;/h1-25,45H;. The Balaban J connectivity index is 0.00000348. The van der Waals surface area contributed by atoms with Gasteiger partial charge in [-0.25, -0.2) is 15.0 Å². The van der Waals surface area contributed by atoms with Crippen molar-refractivity contribution in [1.82, 2.24) is 39.5 Å². The topological polar surface area (TPSA) is 98.1 Å². The fraction of sp³-hybridized carbons (Fsp3) is 0. The zero-order chi connectivity index (χ0) is 31.9. The van der Waals surface area contributed by atoms with Crippen LogP contribution in [0.15, 0.2) is 128 Å².